The molecule has 1 fully saturated rings. The summed E-state index contributed by atoms with van der Waals surface area (Å²) in [7, 11) is 0. The van der Waals surface area contributed by atoms with Gasteiger partial charge in [0.05, 0.1) is 6.61 Å². The van der Waals surface area contributed by atoms with Crippen LogP contribution >= 0.6 is 0 Å². The quantitative estimate of drug-likeness (QED) is 0.832. The number of ether oxygens (including phenoxy) is 1. The highest BCUT2D eigenvalue weighted by molar-refractivity contribution is 4.82. The van der Waals surface area contributed by atoms with Crippen LogP contribution in [0.3, 0.4) is 0 Å². The molecule has 0 atom stereocenters. The largest absolute Gasteiger partial charge is 0.373 e. The third kappa shape index (κ3) is 4.07. The van der Waals surface area contributed by atoms with E-state index in [4.69, 9.17) is 4.74 Å². The predicted octanol–water partition coefficient (Wildman–Crippen LogP) is 1.45. The molecule has 0 spiro atoms. The summed E-state index contributed by atoms with van der Waals surface area (Å²) < 4.78 is 7.74. The number of rotatable bonds is 6. The Balaban J connectivity index is 1.74. The van der Waals surface area contributed by atoms with Gasteiger partial charge in [-0.05, 0) is 37.8 Å². The van der Waals surface area contributed by atoms with E-state index in [1.165, 1.54) is 12.8 Å². The highest BCUT2D eigenvalue weighted by Gasteiger charge is 2.13. The molecule has 5 heteroatoms. The van der Waals surface area contributed by atoms with Gasteiger partial charge in [-0.25, -0.2) is 9.67 Å². The normalized spacial score (nSPS) is 17.5. The van der Waals surface area contributed by atoms with Crippen LogP contribution in [0.25, 0.3) is 0 Å². The van der Waals surface area contributed by atoms with Crippen LogP contribution < -0.4 is 5.32 Å². The first-order valence-electron chi connectivity index (χ1n) is 6.91. The number of nitrogens with one attached hydrogen (secondary N) is 1. The topological polar surface area (TPSA) is 52.0 Å². The van der Waals surface area contributed by atoms with Crippen LogP contribution in [0.1, 0.15) is 32.5 Å². The molecule has 1 saturated heterocycles. The Morgan fingerprint density at radius 2 is 2.22 bits per heavy atom. The van der Waals surface area contributed by atoms with Crippen LogP contribution in [0.5, 0.6) is 0 Å². The lowest BCUT2D eigenvalue weighted by Crippen LogP contribution is -2.30. The second-order valence-electron chi connectivity index (χ2n) is 5.46. The Morgan fingerprint density at radius 1 is 1.44 bits per heavy atom. The number of hydrogen-bond acceptors (Lipinski definition) is 4. The van der Waals surface area contributed by atoms with E-state index < -0.39 is 0 Å². The SMILES string of the molecule is CC(C)Cn1ncnc1COCC1CCNCC1. The molecule has 1 aromatic heterocycles. The summed E-state index contributed by atoms with van der Waals surface area (Å²) in [6, 6.07) is 0. The summed E-state index contributed by atoms with van der Waals surface area (Å²) in [5.74, 6) is 2.22. The maximum absolute atomic E-state index is 5.79. The molecule has 2 heterocycles. The minimum atomic E-state index is 0.579. The summed E-state index contributed by atoms with van der Waals surface area (Å²) >= 11 is 0. The average molecular weight is 252 g/mol. The summed E-state index contributed by atoms with van der Waals surface area (Å²) in [5, 5.41) is 7.60. The van der Waals surface area contributed by atoms with E-state index in [0.29, 0.717) is 18.4 Å². The number of aromatic nitrogens is 3. The fourth-order valence-corrected chi connectivity index (χ4v) is 2.26. The van der Waals surface area contributed by atoms with Gasteiger partial charge in [-0.3, -0.25) is 0 Å². The molecule has 0 saturated carbocycles. The minimum absolute atomic E-state index is 0.579. The van der Waals surface area contributed by atoms with Crippen LogP contribution in [0.2, 0.25) is 0 Å². The van der Waals surface area contributed by atoms with Crippen molar-refractivity contribution in [2.24, 2.45) is 11.8 Å². The van der Waals surface area contributed by atoms with Crippen molar-refractivity contribution in [1.82, 2.24) is 20.1 Å². The van der Waals surface area contributed by atoms with E-state index in [2.05, 4.69) is 29.2 Å². The Kier molecular flexibility index (Phi) is 5.13. The first-order chi connectivity index (χ1) is 8.75. The fourth-order valence-electron chi connectivity index (χ4n) is 2.26. The van der Waals surface area contributed by atoms with E-state index in [1.807, 2.05) is 4.68 Å². The van der Waals surface area contributed by atoms with Crippen molar-refractivity contribution in [2.45, 2.75) is 39.8 Å². The van der Waals surface area contributed by atoms with Crippen molar-refractivity contribution in [1.29, 1.82) is 0 Å². The van der Waals surface area contributed by atoms with E-state index >= 15 is 0 Å². The molecular weight excluding hydrogens is 228 g/mol. The van der Waals surface area contributed by atoms with Gasteiger partial charge in [0.25, 0.3) is 0 Å². The number of nitrogens with zero attached hydrogens (tertiary/aromatic N) is 3. The lowest BCUT2D eigenvalue weighted by atomic mass is 9.99. The van der Waals surface area contributed by atoms with Crippen molar-refractivity contribution < 1.29 is 4.74 Å². The van der Waals surface area contributed by atoms with Crippen LogP contribution in [0, 0.1) is 11.8 Å². The maximum Gasteiger partial charge on any atom is 0.152 e. The molecular formula is C13H24N4O. The Morgan fingerprint density at radius 3 is 2.94 bits per heavy atom. The van der Waals surface area contributed by atoms with Crippen LogP contribution in [-0.4, -0.2) is 34.5 Å². The molecule has 0 radical (unpaired) electrons. The van der Waals surface area contributed by atoms with Gasteiger partial charge < -0.3 is 10.1 Å². The Hall–Kier alpha value is -0.940. The van der Waals surface area contributed by atoms with Crippen molar-refractivity contribution in [3.8, 4) is 0 Å². The van der Waals surface area contributed by atoms with Crippen molar-refractivity contribution in [3.63, 3.8) is 0 Å². The summed E-state index contributed by atoms with van der Waals surface area (Å²) in [6.07, 6.45) is 4.06. The second kappa shape index (κ2) is 6.85. The van der Waals surface area contributed by atoms with E-state index in [9.17, 15) is 0 Å². The monoisotopic (exact) mass is 252 g/mol. The van der Waals surface area contributed by atoms with Gasteiger partial charge in [-0.1, -0.05) is 13.8 Å². The molecule has 1 N–H and O–H groups in total. The average Bonchev–Trinajstić information content (AvgIpc) is 2.77. The summed E-state index contributed by atoms with van der Waals surface area (Å²) in [6.45, 7) is 8.94. The molecule has 0 aromatic carbocycles. The fraction of sp³-hybridized carbons (Fsp3) is 0.846. The van der Waals surface area contributed by atoms with E-state index in [1.54, 1.807) is 6.33 Å². The van der Waals surface area contributed by atoms with Gasteiger partial charge in [-0.15, -0.1) is 0 Å². The molecule has 0 unspecified atom stereocenters. The van der Waals surface area contributed by atoms with Gasteiger partial charge in [0.2, 0.25) is 0 Å². The zero-order chi connectivity index (χ0) is 12.8. The standard InChI is InChI=1S/C13H24N4O/c1-11(2)7-17-13(15-10-16-17)9-18-8-12-3-5-14-6-4-12/h10-12,14H,3-9H2,1-2H3. The van der Waals surface area contributed by atoms with Gasteiger partial charge in [-0.2, -0.15) is 5.10 Å². The molecule has 18 heavy (non-hydrogen) atoms. The van der Waals surface area contributed by atoms with Crippen LogP contribution in [0.4, 0.5) is 0 Å². The third-order valence-corrected chi connectivity index (χ3v) is 3.28. The Bertz CT molecular complexity index is 345. The molecule has 2 rings (SSSR count). The molecule has 1 aliphatic rings. The number of piperidine rings is 1. The first-order valence-corrected chi connectivity index (χ1v) is 6.91. The molecule has 0 bridgehead atoms. The maximum atomic E-state index is 5.79. The first kappa shape index (κ1) is 13.5. The molecule has 0 aliphatic carbocycles. The van der Waals surface area contributed by atoms with Gasteiger partial charge in [0.1, 0.15) is 12.9 Å². The van der Waals surface area contributed by atoms with E-state index in [-0.39, 0.29) is 0 Å². The van der Waals surface area contributed by atoms with Crippen LogP contribution in [-0.2, 0) is 17.9 Å². The molecule has 1 aliphatic heterocycles. The predicted molar refractivity (Wildman–Crippen MR) is 70.1 cm³/mol. The minimum Gasteiger partial charge on any atom is -0.373 e. The zero-order valence-electron chi connectivity index (χ0n) is 11.4. The summed E-state index contributed by atoms with van der Waals surface area (Å²) in [4.78, 5) is 4.27. The van der Waals surface area contributed by atoms with Crippen LogP contribution in [0.15, 0.2) is 6.33 Å². The second-order valence-corrected chi connectivity index (χ2v) is 5.46. The highest BCUT2D eigenvalue weighted by Crippen LogP contribution is 2.12. The molecule has 102 valence electrons. The Labute approximate surface area is 109 Å². The zero-order valence-corrected chi connectivity index (χ0v) is 11.4. The smallest absolute Gasteiger partial charge is 0.152 e. The van der Waals surface area contributed by atoms with Gasteiger partial charge >= 0.3 is 0 Å². The molecule has 5 nitrogen and oxygen atoms in total. The lowest BCUT2D eigenvalue weighted by Gasteiger charge is -2.22. The lowest BCUT2D eigenvalue weighted by molar-refractivity contribution is 0.0696. The summed E-state index contributed by atoms with van der Waals surface area (Å²) in [5.41, 5.74) is 0. The van der Waals surface area contributed by atoms with Gasteiger partial charge in [0, 0.05) is 6.54 Å². The van der Waals surface area contributed by atoms with Crippen molar-refractivity contribution >= 4 is 0 Å². The van der Waals surface area contributed by atoms with E-state index in [0.717, 1.165) is 32.1 Å². The molecule has 0 amide bonds. The highest BCUT2D eigenvalue weighted by atomic mass is 16.5. The third-order valence-electron chi connectivity index (χ3n) is 3.28. The van der Waals surface area contributed by atoms with Gasteiger partial charge in [0.15, 0.2) is 5.82 Å². The molecule has 1 aromatic rings. The van der Waals surface area contributed by atoms with Crippen molar-refractivity contribution in [2.75, 3.05) is 19.7 Å². The van der Waals surface area contributed by atoms with Crippen molar-refractivity contribution in [3.05, 3.63) is 12.2 Å². The number of hydrogen-bond donors (Lipinski definition) is 1.